The van der Waals surface area contributed by atoms with Gasteiger partial charge in [0.05, 0.1) is 5.92 Å². The third kappa shape index (κ3) is 4.73. The molecule has 0 bridgehead atoms. The topological polar surface area (TPSA) is 26.3 Å². The van der Waals surface area contributed by atoms with Crippen molar-refractivity contribution in [2.45, 2.75) is 56.8 Å². The first kappa shape index (κ1) is 16.3. The second-order valence-corrected chi connectivity index (χ2v) is 6.38. The number of carbonyl (C=O) groups excluding carboxylic acids is 1. The number of benzene rings is 1. The van der Waals surface area contributed by atoms with Crippen LogP contribution >= 0.6 is 12.6 Å². The van der Waals surface area contributed by atoms with E-state index in [1.54, 1.807) is 6.07 Å². The number of rotatable bonds is 5. The highest BCUT2D eigenvalue weighted by molar-refractivity contribution is 7.80. The van der Waals surface area contributed by atoms with Crippen molar-refractivity contribution in [1.82, 2.24) is 0 Å². The number of thiol groups is 1. The number of hydrogen-bond acceptors (Lipinski definition) is 3. The maximum atomic E-state index is 13.4. The van der Waals surface area contributed by atoms with Gasteiger partial charge >= 0.3 is 5.97 Å². The predicted molar refractivity (Wildman–Crippen MR) is 84.3 cm³/mol. The Morgan fingerprint density at radius 3 is 2.67 bits per heavy atom. The van der Waals surface area contributed by atoms with Gasteiger partial charge in [0, 0.05) is 11.0 Å². The molecule has 1 fully saturated rings. The van der Waals surface area contributed by atoms with Gasteiger partial charge in [0.2, 0.25) is 0 Å². The molecule has 0 spiro atoms. The minimum absolute atomic E-state index is 0.0402. The second-order valence-electron chi connectivity index (χ2n) is 5.89. The molecule has 0 radical (unpaired) electrons. The molecule has 116 valence electrons. The predicted octanol–water partition coefficient (Wildman–Crippen LogP) is 5.02. The molecule has 2 rings (SSSR count). The minimum atomic E-state index is -0.466. The van der Waals surface area contributed by atoms with Crippen LogP contribution < -0.4 is 4.74 Å². The van der Waals surface area contributed by atoms with Crippen LogP contribution in [0.3, 0.4) is 0 Å². The van der Waals surface area contributed by atoms with Crippen molar-refractivity contribution in [3.8, 4) is 5.75 Å². The van der Waals surface area contributed by atoms with E-state index in [1.807, 2.05) is 0 Å². The SMILES string of the molecule is CCCCC1CCC(C(=O)Oc2ccc(S)c(F)c2)CC1. The number of hydrogen-bond donors (Lipinski definition) is 1. The first-order valence-corrected chi connectivity index (χ1v) is 8.25. The molecule has 0 heterocycles. The van der Waals surface area contributed by atoms with E-state index in [-0.39, 0.29) is 22.5 Å². The molecule has 1 aromatic carbocycles. The summed E-state index contributed by atoms with van der Waals surface area (Å²) in [7, 11) is 0. The van der Waals surface area contributed by atoms with Crippen LogP contribution in [0, 0.1) is 17.7 Å². The van der Waals surface area contributed by atoms with E-state index >= 15 is 0 Å². The van der Waals surface area contributed by atoms with Gasteiger partial charge in [-0.25, -0.2) is 4.39 Å². The first-order valence-electron chi connectivity index (χ1n) is 7.80. The highest BCUT2D eigenvalue weighted by Gasteiger charge is 2.27. The number of unbranched alkanes of at least 4 members (excludes halogenated alkanes) is 1. The lowest BCUT2D eigenvalue weighted by Gasteiger charge is -2.27. The average molecular weight is 310 g/mol. The Bertz CT molecular complexity index is 482. The Hall–Kier alpha value is -1.03. The standard InChI is InChI=1S/C17H23FO2S/c1-2-3-4-12-5-7-13(8-6-12)17(19)20-14-9-10-16(21)15(18)11-14/h9-13,21H,2-8H2,1H3. The molecule has 2 nitrogen and oxygen atoms in total. The number of halogens is 1. The molecule has 1 aliphatic rings. The van der Waals surface area contributed by atoms with E-state index in [0.29, 0.717) is 0 Å². The van der Waals surface area contributed by atoms with E-state index < -0.39 is 5.82 Å². The van der Waals surface area contributed by atoms with Crippen LogP contribution in [-0.4, -0.2) is 5.97 Å². The molecule has 0 aromatic heterocycles. The summed E-state index contributed by atoms with van der Waals surface area (Å²) in [6.45, 7) is 2.21. The van der Waals surface area contributed by atoms with E-state index in [4.69, 9.17) is 4.74 Å². The molecule has 0 N–H and O–H groups in total. The summed E-state index contributed by atoms with van der Waals surface area (Å²) in [6.07, 6.45) is 7.75. The number of carbonyl (C=O) groups is 1. The Labute approximate surface area is 131 Å². The first-order chi connectivity index (χ1) is 10.1. The van der Waals surface area contributed by atoms with Gasteiger partial charge in [0.1, 0.15) is 11.6 Å². The summed E-state index contributed by atoms with van der Waals surface area (Å²) >= 11 is 3.96. The fourth-order valence-electron chi connectivity index (χ4n) is 2.93. The molecule has 0 amide bonds. The van der Waals surface area contributed by atoms with Crippen molar-refractivity contribution in [3.63, 3.8) is 0 Å². The monoisotopic (exact) mass is 310 g/mol. The van der Waals surface area contributed by atoms with Crippen LogP contribution in [0.4, 0.5) is 4.39 Å². The van der Waals surface area contributed by atoms with Crippen molar-refractivity contribution < 1.29 is 13.9 Å². The van der Waals surface area contributed by atoms with Gasteiger partial charge in [-0.05, 0) is 43.7 Å². The Morgan fingerprint density at radius 1 is 1.33 bits per heavy atom. The smallest absolute Gasteiger partial charge is 0.314 e. The average Bonchev–Trinajstić information content (AvgIpc) is 2.49. The van der Waals surface area contributed by atoms with E-state index in [1.165, 1.54) is 31.4 Å². The number of ether oxygens (including phenoxy) is 1. The summed E-state index contributed by atoms with van der Waals surface area (Å²) in [4.78, 5) is 12.4. The Kier molecular flexibility index (Phi) is 6.09. The molecule has 21 heavy (non-hydrogen) atoms. The van der Waals surface area contributed by atoms with Crippen LogP contribution in [0.2, 0.25) is 0 Å². The lowest BCUT2D eigenvalue weighted by molar-refractivity contribution is -0.140. The van der Waals surface area contributed by atoms with Gasteiger partial charge < -0.3 is 4.74 Å². The van der Waals surface area contributed by atoms with Gasteiger partial charge in [-0.1, -0.05) is 26.2 Å². The zero-order valence-electron chi connectivity index (χ0n) is 12.5. The number of esters is 1. The molecule has 1 aromatic rings. The zero-order valence-corrected chi connectivity index (χ0v) is 13.4. The lowest BCUT2D eigenvalue weighted by atomic mass is 9.80. The second kappa shape index (κ2) is 7.83. The molecule has 0 saturated heterocycles. The maximum absolute atomic E-state index is 13.4. The Morgan fingerprint density at radius 2 is 2.05 bits per heavy atom. The molecule has 1 aliphatic carbocycles. The van der Waals surface area contributed by atoms with Gasteiger partial charge in [-0.15, -0.1) is 12.6 Å². The zero-order chi connectivity index (χ0) is 15.2. The summed E-state index contributed by atoms with van der Waals surface area (Å²) in [5, 5.41) is 0. The molecule has 0 unspecified atom stereocenters. The minimum Gasteiger partial charge on any atom is -0.426 e. The van der Waals surface area contributed by atoms with Crippen LogP contribution in [0.25, 0.3) is 0 Å². The van der Waals surface area contributed by atoms with Crippen LogP contribution in [0.15, 0.2) is 23.1 Å². The van der Waals surface area contributed by atoms with Gasteiger partial charge in [-0.3, -0.25) is 4.79 Å². The molecular formula is C17H23FO2S. The maximum Gasteiger partial charge on any atom is 0.314 e. The normalized spacial score (nSPS) is 22.0. The molecule has 0 aliphatic heterocycles. The van der Waals surface area contributed by atoms with Crippen molar-refractivity contribution in [2.75, 3.05) is 0 Å². The highest BCUT2D eigenvalue weighted by Crippen LogP contribution is 2.33. The van der Waals surface area contributed by atoms with E-state index in [9.17, 15) is 9.18 Å². The molecule has 0 atom stereocenters. The highest BCUT2D eigenvalue weighted by atomic mass is 32.1. The lowest BCUT2D eigenvalue weighted by Crippen LogP contribution is -2.25. The van der Waals surface area contributed by atoms with Gasteiger partial charge in [-0.2, -0.15) is 0 Å². The quantitative estimate of drug-likeness (QED) is 0.470. The third-order valence-electron chi connectivity index (χ3n) is 4.28. The van der Waals surface area contributed by atoms with Crippen LogP contribution in [0.5, 0.6) is 5.75 Å². The van der Waals surface area contributed by atoms with Crippen LogP contribution in [-0.2, 0) is 4.79 Å². The van der Waals surface area contributed by atoms with Crippen molar-refractivity contribution >= 4 is 18.6 Å². The van der Waals surface area contributed by atoms with Gasteiger partial charge in [0.15, 0.2) is 0 Å². The summed E-state index contributed by atoms with van der Waals surface area (Å²) in [5.41, 5.74) is 0. The fraction of sp³-hybridized carbons (Fsp3) is 0.588. The third-order valence-corrected chi connectivity index (χ3v) is 4.65. The van der Waals surface area contributed by atoms with Crippen molar-refractivity contribution in [1.29, 1.82) is 0 Å². The Balaban J connectivity index is 1.83. The molecule has 1 saturated carbocycles. The molecule has 4 heteroatoms. The van der Waals surface area contributed by atoms with Crippen molar-refractivity contribution in [2.24, 2.45) is 11.8 Å². The van der Waals surface area contributed by atoms with Gasteiger partial charge in [0.25, 0.3) is 0 Å². The molecular weight excluding hydrogens is 287 g/mol. The summed E-state index contributed by atoms with van der Waals surface area (Å²) < 4.78 is 18.7. The van der Waals surface area contributed by atoms with E-state index in [0.717, 1.165) is 31.6 Å². The van der Waals surface area contributed by atoms with Crippen molar-refractivity contribution in [3.05, 3.63) is 24.0 Å². The fourth-order valence-corrected chi connectivity index (χ4v) is 3.07. The summed E-state index contributed by atoms with van der Waals surface area (Å²) in [6, 6.07) is 4.30. The van der Waals surface area contributed by atoms with E-state index in [2.05, 4.69) is 19.6 Å². The summed E-state index contributed by atoms with van der Waals surface area (Å²) in [5.74, 6) is 0.294. The largest absolute Gasteiger partial charge is 0.426 e. The van der Waals surface area contributed by atoms with Crippen LogP contribution in [0.1, 0.15) is 51.9 Å².